The Morgan fingerprint density at radius 3 is 1.87 bits per heavy atom. The molecule has 1 saturated heterocycles. The van der Waals surface area contributed by atoms with E-state index in [1.54, 1.807) is 54.6 Å². The molecule has 0 bridgehead atoms. The number of phenolic OH excluding ortho intramolecular Hbond substituents is 1. The fourth-order valence-electron chi connectivity index (χ4n) is 8.42. The van der Waals surface area contributed by atoms with Gasteiger partial charge >= 0.3 is 12.1 Å². The van der Waals surface area contributed by atoms with Gasteiger partial charge in [0.2, 0.25) is 41.4 Å². The zero-order valence-corrected chi connectivity index (χ0v) is 43.7. The molecule has 3 aromatic rings. The highest BCUT2D eigenvalue weighted by Gasteiger charge is 2.39. The van der Waals surface area contributed by atoms with Crippen molar-refractivity contribution in [2.24, 2.45) is 17.6 Å². The quantitative estimate of drug-likeness (QED) is 0.0478. The number of likely N-dealkylation sites (tertiary alicyclic amines) is 1. The molecule has 2 aliphatic rings. The average molecular weight is 1080 g/mol. The summed E-state index contributed by atoms with van der Waals surface area (Å²) >= 11 is 0. The van der Waals surface area contributed by atoms with Crippen molar-refractivity contribution in [3.8, 4) is 5.75 Å². The van der Waals surface area contributed by atoms with Crippen molar-refractivity contribution >= 4 is 64.6 Å². The summed E-state index contributed by atoms with van der Waals surface area (Å²) in [6.07, 6.45) is -3.23. The lowest BCUT2D eigenvalue weighted by Gasteiger charge is -2.29. The van der Waals surface area contributed by atoms with Gasteiger partial charge in [-0.15, -0.1) is 0 Å². The Bertz CT molecular complexity index is 2650. The fourth-order valence-corrected chi connectivity index (χ4v) is 8.42. The van der Waals surface area contributed by atoms with E-state index in [2.05, 4.69) is 37.2 Å². The number of carboxylic acid groups (broad SMARTS) is 1. The standard InChI is InChI=1S/C51H67N9O10.C2HF3O2/c1-28(2)24-38(59-49(68)39(26-32-17-19-33(61)20-18-32)58-47(66)31(6)56-46(65)30(5)52)48(67)55-27-42(62)57-40(25-29(3)4)51(70)60-23-10-16-41(60)50(69)54-22-11-21-53-37-15-9-14-36-43(37)45(64)35-13-8-7-12-34(35)44(36)63;3-2(4,5)1(6)7/h7-9,12-15,17-20,28-31,38-41,53,61H,10-11,16,21-27,52H2,1-6H3,(H,54,69)(H,55,67)(H,56,65)(H,57,62)(H,58,66)(H,59,68);(H,6,7)/t30-,31+,38+,39+,40+,41+;/m1./s1. The van der Waals surface area contributed by atoms with E-state index in [1.807, 2.05) is 27.7 Å². The summed E-state index contributed by atoms with van der Waals surface area (Å²) in [5, 5.41) is 36.2. The topological polar surface area (TPSA) is 325 Å². The zero-order chi connectivity index (χ0) is 57.3. The van der Waals surface area contributed by atoms with Gasteiger partial charge in [-0.25, -0.2) is 4.79 Å². The zero-order valence-electron chi connectivity index (χ0n) is 43.7. The molecule has 77 heavy (non-hydrogen) atoms. The maximum absolute atomic E-state index is 14.1. The number of anilines is 1. The van der Waals surface area contributed by atoms with Crippen molar-refractivity contribution in [3.05, 3.63) is 94.5 Å². The molecular weight excluding hydrogens is 1010 g/mol. The van der Waals surface area contributed by atoms with Gasteiger partial charge in [0.15, 0.2) is 11.6 Å². The summed E-state index contributed by atoms with van der Waals surface area (Å²) in [6, 6.07) is 11.7. The van der Waals surface area contributed by atoms with E-state index >= 15 is 0 Å². The first-order valence-corrected chi connectivity index (χ1v) is 25.1. The summed E-state index contributed by atoms with van der Waals surface area (Å²) in [5.74, 6) is -7.43. The predicted molar refractivity (Wildman–Crippen MR) is 275 cm³/mol. The normalized spacial score (nSPS) is 15.7. The number of aliphatic carboxylic acids is 1. The molecule has 0 aromatic heterocycles. The molecule has 1 aliphatic carbocycles. The Labute approximate surface area is 443 Å². The van der Waals surface area contributed by atoms with Crippen molar-refractivity contribution in [1.29, 1.82) is 0 Å². The van der Waals surface area contributed by atoms with Gasteiger partial charge in [-0.2, -0.15) is 13.2 Å². The van der Waals surface area contributed by atoms with Gasteiger partial charge in [-0.05, 0) is 81.5 Å². The van der Waals surface area contributed by atoms with E-state index in [1.165, 1.54) is 30.9 Å². The van der Waals surface area contributed by atoms with Crippen LogP contribution in [0.4, 0.5) is 18.9 Å². The molecule has 11 N–H and O–H groups in total. The number of alkyl halides is 3. The van der Waals surface area contributed by atoms with Crippen molar-refractivity contribution in [3.63, 3.8) is 0 Å². The molecule has 6 atom stereocenters. The molecule has 0 unspecified atom stereocenters. The minimum atomic E-state index is -5.08. The molecule has 418 valence electrons. The number of phenols is 1. The number of fused-ring (bicyclic) bond motifs is 2. The molecule has 3 aromatic carbocycles. The molecule has 0 spiro atoms. The number of benzene rings is 3. The van der Waals surface area contributed by atoms with E-state index in [4.69, 9.17) is 15.6 Å². The minimum absolute atomic E-state index is 0.00384. The molecule has 7 amide bonds. The third kappa shape index (κ3) is 18.1. The van der Waals surface area contributed by atoms with E-state index < -0.39 is 90.4 Å². The Kier molecular flexibility index (Phi) is 22.7. The van der Waals surface area contributed by atoms with E-state index in [0.29, 0.717) is 65.9 Å². The number of hydrogen-bond donors (Lipinski definition) is 10. The SMILES string of the molecule is CC(C)C[C@H](NC(=O)[C@H](Cc1ccc(O)cc1)NC(=O)[C@H](C)NC(=O)[C@@H](C)N)C(=O)NCC(=O)N[C@@H](CC(C)C)C(=O)N1CCC[C@H]1C(=O)NCCCNc1cccc2c1C(=O)c1ccccc1C2=O.O=C(O)C(F)(F)F. The number of rotatable bonds is 23. The second-order valence-electron chi connectivity index (χ2n) is 19.6. The number of nitrogens with one attached hydrogen (secondary N) is 7. The number of carboxylic acids is 1. The molecule has 21 nitrogen and oxygen atoms in total. The van der Waals surface area contributed by atoms with Crippen molar-refractivity contribution in [2.75, 3.05) is 31.5 Å². The van der Waals surface area contributed by atoms with Crippen LogP contribution in [0.3, 0.4) is 0 Å². The number of amides is 7. The van der Waals surface area contributed by atoms with Crippen LogP contribution in [0, 0.1) is 11.8 Å². The summed E-state index contributed by atoms with van der Waals surface area (Å²) in [4.78, 5) is 131. The van der Waals surface area contributed by atoms with Crippen LogP contribution < -0.4 is 43.0 Å². The number of halogens is 3. The molecule has 1 fully saturated rings. The van der Waals surface area contributed by atoms with Crippen molar-refractivity contribution in [2.45, 2.75) is 122 Å². The lowest BCUT2D eigenvalue weighted by molar-refractivity contribution is -0.192. The molecule has 1 heterocycles. The molecule has 24 heteroatoms. The number of nitrogens with two attached hydrogens (primary N) is 1. The fraction of sp³-hybridized carbons (Fsp3) is 0.472. The lowest BCUT2D eigenvalue weighted by Crippen LogP contribution is -2.58. The molecule has 1 aliphatic heterocycles. The second kappa shape index (κ2) is 28.3. The van der Waals surface area contributed by atoms with Crippen LogP contribution in [-0.2, 0) is 44.8 Å². The number of ketones is 2. The number of nitrogens with zero attached hydrogens (tertiary/aromatic N) is 1. The number of carbonyl (C=O) groups excluding carboxylic acids is 9. The first-order chi connectivity index (χ1) is 36.2. The second-order valence-corrected chi connectivity index (χ2v) is 19.6. The number of carbonyl (C=O) groups is 10. The third-order valence-electron chi connectivity index (χ3n) is 12.3. The van der Waals surface area contributed by atoms with Gasteiger partial charge in [0, 0.05) is 48.4 Å². The van der Waals surface area contributed by atoms with Crippen LogP contribution in [0.15, 0.2) is 66.7 Å². The van der Waals surface area contributed by atoms with Crippen LogP contribution >= 0.6 is 0 Å². The van der Waals surface area contributed by atoms with Crippen LogP contribution in [0.1, 0.15) is 111 Å². The number of hydrogen-bond acceptors (Lipinski definition) is 13. The Balaban J connectivity index is 0.00000171. The third-order valence-corrected chi connectivity index (χ3v) is 12.3. The maximum atomic E-state index is 14.1. The Morgan fingerprint density at radius 2 is 1.27 bits per heavy atom. The first-order valence-electron chi connectivity index (χ1n) is 25.1. The van der Waals surface area contributed by atoms with Crippen LogP contribution in [0.5, 0.6) is 5.75 Å². The summed E-state index contributed by atoms with van der Waals surface area (Å²) in [5.41, 5.74) is 8.11. The van der Waals surface area contributed by atoms with Gasteiger partial charge in [-0.3, -0.25) is 43.2 Å². The predicted octanol–water partition coefficient (Wildman–Crippen LogP) is 2.47. The highest BCUT2D eigenvalue weighted by molar-refractivity contribution is 6.30. The van der Waals surface area contributed by atoms with Crippen LogP contribution in [0.25, 0.3) is 0 Å². The van der Waals surface area contributed by atoms with E-state index in [9.17, 15) is 61.4 Å². The molecule has 0 radical (unpaired) electrons. The van der Waals surface area contributed by atoms with Crippen molar-refractivity contribution < 1.29 is 71.3 Å². The summed E-state index contributed by atoms with van der Waals surface area (Å²) in [6.45, 7) is 10.8. The highest BCUT2D eigenvalue weighted by atomic mass is 19.4. The highest BCUT2D eigenvalue weighted by Crippen LogP contribution is 2.32. The smallest absolute Gasteiger partial charge is 0.490 e. The van der Waals surface area contributed by atoms with Gasteiger partial charge in [0.1, 0.15) is 36.0 Å². The van der Waals surface area contributed by atoms with Gasteiger partial charge < -0.3 is 58.1 Å². The first kappa shape index (κ1) is 61.7. The van der Waals surface area contributed by atoms with Gasteiger partial charge in [0.25, 0.3) is 0 Å². The van der Waals surface area contributed by atoms with Gasteiger partial charge in [-0.1, -0.05) is 76.2 Å². The Morgan fingerprint density at radius 1 is 0.688 bits per heavy atom. The molecular formula is C53H68F3N9O12. The summed E-state index contributed by atoms with van der Waals surface area (Å²) in [7, 11) is 0. The monoisotopic (exact) mass is 1080 g/mol. The van der Waals surface area contributed by atoms with E-state index in [0.717, 1.165) is 0 Å². The average Bonchev–Trinajstić information content (AvgIpc) is 3.87. The summed E-state index contributed by atoms with van der Waals surface area (Å²) < 4.78 is 31.7. The largest absolute Gasteiger partial charge is 0.508 e. The molecule has 5 rings (SSSR count). The molecule has 0 saturated carbocycles. The lowest BCUT2D eigenvalue weighted by atomic mass is 9.83. The Hall–Kier alpha value is -7.89. The van der Waals surface area contributed by atoms with Crippen molar-refractivity contribution in [1.82, 2.24) is 36.8 Å². The maximum Gasteiger partial charge on any atom is 0.490 e. The number of aromatic hydroxyl groups is 1. The van der Waals surface area contributed by atoms with Crippen LogP contribution in [-0.4, -0.2) is 143 Å². The van der Waals surface area contributed by atoms with E-state index in [-0.39, 0.29) is 60.9 Å². The van der Waals surface area contributed by atoms with Gasteiger partial charge in [0.05, 0.1) is 18.2 Å². The minimum Gasteiger partial charge on any atom is -0.508 e. The van der Waals surface area contributed by atoms with Crippen LogP contribution in [0.2, 0.25) is 0 Å².